The van der Waals surface area contributed by atoms with E-state index in [9.17, 15) is 0 Å². The summed E-state index contributed by atoms with van der Waals surface area (Å²) in [5.41, 5.74) is 3.42. The molecule has 3 N–H and O–H groups in total. The molecule has 1 aliphatic rings. The lowest BCUT2D eigenvalue weighted by Crippen LogP contribution is -2.43. The van der Waals surface area contributed by atoms with Gasteiger partial charge in [-0.05, 0) is 37.0 Å². The fraction of sp³-hybridized carbons (Fsp3) is 1.00. The highest BCUT2D eigenvalue weighted by atomic mass is 15.2. The number of hydrogen-bond donors (Lipinski definition) is 2. The van der Waals surface area contributed by atoms with E-state index in [2.05, 4.69) is 26.2 Å². The van der Waals surface area contributed by atoms with E-state index < -0.39 is 0 Å². The van der Waals surface area contributed by atoms with E-state index in [1.54, 1.807) is 0 Å². The van der Waals surface area contributed by atoms with Crippen molar-refractivity contribution in [3.63, 3.8) is 0 Å². The van der Waals surface area contributed by atoms with Gasteiger partial charge in [0.15, 0.2) is 0 Å². The van der Waals surface area contributed by atoms with Gasteiger partial charge in [-0.2, -0.15) is 0 Å². The molecule has 0 radical (unpaired) electrons. The number of hydrazine groups is 1. The molecular weight excluding hydrogens is 160 g/mol. The third-order valence-corrected chi connectivity index (χ3v) is 3.14. The van der Waals surface area contributed by atoms with Crippen LogP contribution < -0.4 is 11.3 Å². The molecule has 0 aliphatic heterocycles. The molecule has 1 unspecified atom stereocenters. The smallest absolute Gasteiger partial charge is 0.0238 e. The van der Waals surface area contributed by atoms with E-state index in [0.717, 1.165) is 5.92 Å². The summed E-state index contributed by atoms with van der Waals surface area (Å²) in [5, 5.41) is 0. The normalized spacial score (nSPS) is 21.2. The molecule has 78 valence electrons. The molecular formula is C11H24N2. The second-order valence-electron chi connectivity index (χ2n) is 5.56. The minimum Gasteiger partial charge on any atom is -0.271 e. The Kier molecular flexibility index (Phi) is 3.74. The number of rotatable bonds is 4. The summed E-state index contributed by atoms with van der Waals surface area (Å²) < 4.78 is 0. The Morgan fingerprint density at radius 3 is 2.31 bits per heavy atom. The Labute approximate surface area is 82.2 Å². The molecule has 0 aromatic carbocycles. The SMILES string of the molecule is CC(C)(C)CCC(NN)C1CCC1. The quantitative estimate of drug-likeness (QED) is 0.520. The summed E-state index contributed by atoms with van der Waals surface area (Å²) in [6.07, 6.45) is 6.64. The van der Waals surface area contributed by atoms with Crippen LogP contribution in [0.3, 0.4) is 0 Å². The van der Waals surface area contributed by atoms with Crippen LogP contribution in [0.2, 0.25) is 0 Å². The van der Waals surface area contributed by atoms with Gasteiger partial charge in [0, 0.05) is 6.04 Å². The predicted octanol–water partition coefficient (Wildman–Crippen LogP) is 2.44. The first-order valence-corrected chi connectivity index (χ1v) is 5.49. The summed E-state index contributed by atoms with van der Waals surface area (Å²) in [5.74, 6) is 6.42. The van der Waals surface area contributed by atoms with Gasteiger partial charge in [0.25, 0.3) is 0 Å². The highest BCUT2D eigenvalue weighted by Crippen LogP contribution is 2.33. The van der Waals surface area contributed by atoms with Crippen molar-refractivity contribution in [3.05, 3.63) is 0 Å². The van der Waals surface area contributed by atoms with E-state index >= 15 is 0 Å². The van der Waals surface area contributed by atoms with Gasteiger partial charge in [-0.15, -0.1) is 0 Å². The number of hydrogen-bond acceptors (Lipinski definition) is 2. The fourth-order valence-corrected chi connectivity index (χ4v) is 1.89. The van der Waals surface area contributed by atoms with Crippen molar-refractivity contribution in [1.82, 2.24) is 5.43 Å². The molecule has 0 amide bonds. The first-order chi connectivity index (χ1) is 6.03. The summed E-state index contributed by atoms with van der Waals surface area (Å²) >= 11 is 0. The van der Waals surface area contributed by atoms with Crippen molar-refractivity contribution < 1.29 is 0 Å². The fourth-order valence-electron chi connectivity index (χ4n) is 1.89. The zero-order valence-corrected chi connectivity index (χ0v) is 9.27. The second kappa shape index (κ2) is 4.43. The van der Waals surface area contributed by atoms with Gasteiger partial charge >= 0.3 is 0 Å². The minimum absolute atomic E-state index is 0.443. The van der Waals surface area contributed by atoms with Crippen molar-refractivity contribution in [2.24, 2.45) is 17.2 Å². The molecule has 0 aromatic heterocycles. The maximum Gasteiger partial charge on any atom is 0.0238 e. The molecule has 1 aliphatic carbocycles. The molecule has 0 bridgehead atoms. The molecule has 0 spiro atoms. The first-order valence-electron chi connectivity index (χ1n) is 5.49. The van der Waals surface area contributed by atoms with Crippen LogP contribution in [0.1, 0.15) is 52.9 Å². The van der Waals surface area contributed by atoms with Crippen LogP contribution in [0.25, 0.3) is 0 Å². The van der Waals surface area contributed by atoms with Gasteiger partial charge in [0.2, 0.25) is 0 Å². The molecule has 1 rings (SSSR count). The van der Waals surface area contributed by atoms with Gasteiger partial charge in [-0.3, -0.25) is 11.3 Å². The van der Waals surface area contributed by atoms with Crippen LogP contribution in [-0.4, -0.2) is 6.04 Å². The molecule has 0 saturated heterocycles. The molecule has 1 saturated carbocycles. The van der Waals surface area contributed by atoms with Gasteiger partial charge < -0.3 is 0 Å². The van der Waals surface area contributed by atoms with Crippen LogP contribution >= 0.6 is 0 Å². The van der Waals surface area contributed by atoms with E-state index in [1.165, 1.54) is 32.1 Å². The Bertz CT molecular complexity index is 145. The van der Waals surface area contributed by atoms with Crippen LogP contribution in [0, 0.1) is 11.3 Å². The zero-order valence-electron chi connectivity index (χ0n) is 9.27. The lowest BCUT2D eigenvalue weighted by Gasteiger charge is -2.34. The molecule has 0 aromatic rings. The van der Waals surface area contributed by atoms with Crippen molar-refractivity contribution in [2.45, 2.75) is 58.9 Å². The highest BCUT2D eigenvalue weighted by Gasteiger charge is 2.27. The topological polar surface area (TPSA) is 38.0 Å². The van der Waals surface area contributed by atoms with Crippen molar-refractivity contribution in [2.75, 3.05) is 0 Å². The number of nitrogens with one attached hydrogen (secondary N) is 1. The summed E-state index contributed by atoms with van der Waals surface area (Å²) in [4.78, 5) is 0. The van der Waals surface area contributed by atoms with Crippen molar-refractivity contribution >= 4 is 0 Å². The molecule has 1 fully saturated rings. The van der Waals surface area contributed by atoms with Crippen LogP contribution in [0.4, 0.5) is 0 Å². The lowest BCUT2D eigenvalue weighted by atomic mass is 9.76. The monoisotopic (exact) mass is 184 g/mol. The number of nitrogens with two attached hydrogens (primary N) is 1. The molecule has 2 heteroatoms. The molecule has 2 nitrogen and oxygen atoms in total. The average molecular weight is 184 g/mol. The van der Waals surface area contributed by atoms with Crippen LogP contribution in [0.5, 0.6) is 0 Å². The van der Waals surface area contributed by atoms with Crippen molar-refractivity contribution in [1.29, 1.82) is 0 Å². The van der Waals surface area contributed by atoms with Crippen LogP contribution in [0.15, 0.2) is 0 Å². The van der Waals surface area contributed by atoms with Gasteiger partial charge in [0.1, 0.15) is 0 Å². The third-order valence-electron chi connectivity index (χ3n) is 3.14. The maximum atomic E-state index is 5.56. The average Bonchev–Trinajstić information content (AvgIpc) is 1.91. The van der Waals surface area contributed by atoms with Gasteiger partial charge in [-0.25, -0.2) is 0 Å². The van der Waals surface area contributed by atoms with E-state index in [0.29, 0.717) is 11.5 Å². The summed E-state index contributed by atoms with van der Waals surface area (Å²) in [6.45, 7) is 6.88. The Morgan fingerprint density at radius 2 is 2.00 bits per heavy atom. The Morgan fingerprint density at radius 1 is 1.38 bits per heavy atom. The van der Waals surface area contributed by atoms with E-state index in [4.69, 9.17) is 5.84 Å². The van der Waals surface area contributed by atoms with Gasteiger partial charge in [-0.1, -0.05) is 27.2 Å². The maximum absolute atomic E-state index is 5.56. The van der Waals surface area contributed by atoms with E-state index in [-0.39, 0.29) is 0 Å². The van der Waals surface area contributed by atoms with E-state index in [1.807, 2.05) is 0 Å². The Balaban J connectivity index is 2.23. The highest BCUT2D eigenvalue weighted by molar-refractivity contribution is 4.82. The Hall–Kier alpha value is -0.0800. The molecule has 1 atom stereocenters. The first kappa shape index (κ1) is 11.0. The molecule has 0 heterocycles. The third kappa shape index (κ3) is 3.65. The molecule has 13 heavy (non-hydrogen) atoms. The minimum atomic E-state index is 0.443. The predicted molar refractivity (Wildman–Crippen MR) is 57.1 cm³/mol. The lowest BCUT2D eigenvalue weighted by molar-refractivity contribution is 0.201. The second-order valence-corrected chi connectivity index (χ2v) is 5.56. The largest absolute Gasteiger partial charge is 0.271 e. The summed E-state index contributed by atoms with van der Waals surface area (Å²) in [7, 11) is 0. The zero-order chi connectivity index (χ0) is 9.90. The summed E-state index contributed by atoms with van der Waals surface area (Å²) in [6, 6.07) is 0.563. The van der Waals surface area contributed by atoms with Crippen molar-refractivity contribution in [3.8, 4) is 0 Å². The van der Waals surface area contributed by atoms with Gasteiger partial charge in [0.05, 0.1) is 0 Å². The standard InChI is InChI=1S/C11H24N2/c1-11(2,3)8-7-10(13-12)9-5-4-6-9/h9-10,13H,4-8,12H2,1-3H3. The van der Waals surface area contributed by atoms with Crippen LogP contribution in [-0.2, 0) is 0 Å².